The minimum Gasteiger partial charge on any atom is -0.349 e. The average Bonchev–Trinajstić information content (AvgIpc) is 2.29. The van der Waals surface area contributed by atoms with Gasteiger partial charge in [0.15, 0.2) is 0 Å². The van der Waals surface area contributed by atoms with Gasteiger partial charge in [-0.15, -0.1) is 0 Å². The Morgan fingerprint density at radius 2 is 2.06 bits per heavy atom. The second kappa shape index (κ2) is 6.26. The zero-order valence-electron chi connectivity index (χ0n) is 9.39. The molecule has 1 aromatic rings. The predicted molar refractivity (Wildman–Crippen MR) is 71.0 cm³/mol. The van der Waals surface area contributed by atoms with Crippen LogP contribution in [0.15, 0.2) is 22.7 Å². The molecule has 1 rings (SSSR count). The standard InChI is InChI=1S/C12H15BrClNO/c1-3-8(4-2)15-12(16)9-6-5-7-10(13)11(9)14/h5-8H,3-4H2,1-2H3,(H,15,16). The van der Waals surface area contributed by atoms with Crippen molar-refractivity contribution in [1.29, 1.82) is 0 Å². The minimum absolute atomic E-state index is 0.111. The first kappa shape index (κ1) is 13.5. The van der Waals surface area contributed by atoms with Crippen LogP contribution in [-0.4, -0.2) is 11.9 Å². The van der Waals surface area contributed by atoms with Crippen LogP contribution in [-0.2, 0) is 0 Å². The van der Waals surface area contributed by atoms with E-state index in [-0.39, 0.29) is 11.9 Å². The van der Waals surface area contributed by atoms with Crippen molar-refractivity contribution in [2.45, 2.75) is 32.7 Å². The molecule has 0 aliphatic rings. The molecule has 0 aliphatic heterocycles. The van der Waals surface area contributed by atoms with Crippen molar-refractivity contribution in [1.82, 2.24) is 5.32 Å². The maximum Gasteiger partial charge on any atom is 0.253 e. The fourth-order valence-electron chi connectivity index (χ4n) is 1.44. The monoisotopic (exact) mass is 303 g/mol. The molecule has 0 unspecified atom stereocenters. The lowest BCUT2D eigenvalue weighted by molar-refractivity contribution is 0.0935. The van der Waals surface area contributed by atoms with E-state index >= 15 is 0 Å². The van der Waals surface area contributed by atoms with Gasteiger partial charge >= 0.3 is 0 Å². The van der Waals surface area contributed by atoms with E-state index in [1.807, 2.05) is 6.07 Å². The summed E-state index contributed by atoms with van der Waals surface area (Å²) in [5.41, 5.74) is 0.517. The molecule has 0 saturated heterocycles. The zero-order chi connectivity index (χ0) is 12.1. The van der Waals surface area contributed by atoms with E-state index in [1.165, 1.54) is 0 Å². The summed E-state index contributed by atoms with van der Waals surface area (Å²) in [6, 6.07) is 5.56. The summed E-state index contributed by atoms with van der Waals surface area (Å²) in [5.74, 6) is -0.111. The molecule has 0 fully saturated rings. The quantitative estimate of drug-likeness (QED) is 0.894. The van der Waals surface area contributed by atoms with Gasteiger partial charge in [0.1, 0.15) is 0 Å². The van der Waals surface area contributed by atoms with Gasteiger partial charge in [0.05, 0.1) is 10.6 Å². The molecule has 0 aliphatic carbocycles. The third kappa shape index (κ3) is 3.22. The number of rotatable bonds is 4. The molecule has 88 valence electrons. The highest BCUT2D eigenvalue weighted by Crippen LogP contribution is 2.25. The van der Waals surface area contributed by atoms with Crippen LogP contribution in [0.4, 0.5) is 0 Å². The van der Waals surface area contributed by atoms with Crippen molar-refractivity contribution in [3.8, 4) is 0 Å². The molecule has 0 heterocycles. The maximum absolute atomic E-state index is 11.9. The normalized spacial score (nSPS) is 10.6. The number of hydrogen-bond donors (Lipinski definition) is 1. The number of halogens is 2. The molecule has 1 N–H and O–H groups in total. The van der Waals surface area contributed by atoms with Crippen LogP contribution in [0.2, 0.25) is 5.02 Å². The molecule has 0 spiro atoms. The Kier molecular flexibility index (Phi) is 5.29. The van der Waals surface area contributed by atoms with Crippen LogP contribution in [0, 0.1) is 0 Å². The van der Waals surface area contributed by atoms with Gasteiger partial charge in [0.25, 0.3) is 5.91 Å². The lowest BCUT2D eigenvalue weighted by atomic mass is 10.1. The van der Waals surface area contributed by atoms with Crippen molar-refractivity contribution in [3.63, 3.8) is 0 Å². The van der Waals surface area contributed by atoms with E-state index < -0.39 is 0 Å². The highest BCUT2D eigenvalue weighted by molar-refractivity contribution is 9.10. The molecule has 0 radical (unpaired) electrons. The van der Waals surface area contributed by atoms with Crippen molar-refractivity contribution in [2.24, 2.45) is 0 Å². The fraction of sp³-hybridized carbons (Fsp3) is 0.417. The summed E-state index contributed by atoms with van der Waals surface area (Å²) in [4.78, 5) is 11.9. The van der Waals surface area contributed by atoms with Gasteiger partial charge < -0.3 is 5.32 Å². The van der Waals surface area contributed by atoms with Crippen LogP contribution in [0.5, 0.6) is 0 Å². The van der Waals surface area contributed by atoms with Gasteiger partial charge in [0.2, 0.25) is 0 Å². The Morgan fingerprint density at radius 3 is 2.62 bits per heavy atom. The Bertz CT molecular complexity index is 377. The van der Waals surface area contributed by atoms with Crippen molar-refractivity contribution in [3.05, 3.63) is 33.3 Å². The van der Waals surface area contributed by atoms with Gasteiger partial charge in [-0.3, -0.25) is 4.79 Å². The first-order chi connectivity index (χ1) is 7.60. The molecule has 0 atom stereocenters. The maximum atomic E-state index is 11.9. The highest BCUT2D eigenvalue weighted by Gasteiger charge is 2.14. The number of carbonyl (C=O) groups excluding carboxylic acids is 1. The molecule has 0 aromatic heterocycles. The van der Waals surface area contributed by atoms with Crippen LogP contribution >= 0.6 is 27.5 Å². The predicted octanol–water partition coefficient (Wildman–Crippen LogP) is 4.02. The Labute approximate surface area is 110 Å². The van der Waals surface area contributed by atoms with E-state index in [0.717, 1.165) is 17.3 Å². The Hall–Kier alpha value is -0.540. The molecule has 2 nitrogen and oxygen atoms in total. The van der Waals surface area contributed by atoms with Crippen LogP contribution in [0.1, 0.15) is 37.0 Å². The summed E-state index contributed by atoms with van der Waals surface area (Å²) in [7, 11) is 0. The van der Waals surface area contributed by atoms with Gasteiger partial charge in [-0.2, -0.15) is 0 Å². The summed E-state index contributed by atoms with van der Waals surface area (Å²) < 4.78 is 0.742. The molecule has 4 heteroatoms. The molecule has 0 bridgehead atoms. The Balaban J connectivity index is 2.84. The highest BCUT2D eigenvalue weighted by atomic mass is 79.9. The third-order valence-electron chi connectivity index (χ3n) is 2.52. The van der Waals surface area contributed by atoms with Crippen LogP contribution < -0.4 is 5.32 Å². The zero-order valence-corrected chi connectivity index (χ0v) is 11.7. The first-order valence-corrected chi connectivity index (χ1v) is 6.52. The average molecular weight is 305 g/mol. The second-order valence-electron chi connectivity index (χ2n) is 3.59. The second-order valence-corrected chi connectivity index (χ2v) is 4.82. The van der Waals surface area contributed by atoms with Crippen molar-refractivity contribution in [2.75, 3.05) is 0 Å². The summed E-state index contributed by atoms with van der Waals surface area (Å²) in [5, 5.41) is 3.42. The molecule has 0 saturated carbocycles. The topological polar surface area (TPSA) is 29.1 Å². The van der Waals surface area contributed by atoms with Crippen molar-refractivity contribution < 1.29 is 4.79 Å². The summed E-state index contributed by atoms with van der Waals surface area (Å²) >= 11 is 9.35. The van der Waals surface area contributed by atoms with E-state index in [9.17, 15) is 4.79 Å². The minimum atomic E-state index is -0.111. The number of carbonyl (C=O) groups is 1. The van der Waals surface area contributed by atoms with E-state index in [4.69, 9.17) is 11.6 Å². The number of amides is 1. The molecular formula is C12H15BrClNO. The summed E-state index contributed by atoms with van der Waals surface area (Å²) in [6.07, 6.45) is 1.85. The summed E-state index contributed by atoms with van der Waals surface area (Å²) in [6.45, 7) is 4.11. The molecule has 1 aromatic carbocycles. The lowest BCUT2D eigenvalue weighted by Crippen LogP contribution is -2.33. The van der Waals surface area contributed by atoms with Gasteiger partial charge in [0, 0.05) is 10.5 Å². The third-order valence-corrected chi connectivity index (χ3v) is 3.81. The molecule has 16 heavy (non-hydrogen) atoms. The van der Waals surface area contributed by atoms with Crippen LogP contribution in [0.3, 0.4) is 0 Å². The van der Waals surface area contributed by atoms with Crippen molar-refractivity contribution >= 4 is 33.4 Å². The molecular weight excluding hydrogens is 289 g/mol. The number of hydrogen-bond acceptors (Lipinski definition) is 1. The van der Waals surface area contributed by atoms with Gasteiger partial charge in [-0.25, -0.2) is 0 Å². The molecule has 1 amide bonds. The smallest absolute Gasteiger partial charge is 0.253 e. The Morgan fingerprint density at radius 1 is 1.44 bits per heavy atom. The fourth-order valence-corrected chi connectivity index (χ4v) is 2.01. The van der Waals surface area contributed by atoms with E-state index in [0.29, 0.717) is 10.6 Å². The largest absolute Gasteiger partial charge is 0.349 e. The van der Waals surface area contributed by atoms with E-state index in [1.54, 1.807) is 12.1 Å². The van der Waals surface area contributed by atoms with E-state index in [2.05, 4.69) is 35.1 Å². The first-order valence-electron chi connectivity index (χ1n) is 5.35. The SMILES string of the molecule is CCC(CC)NC(=O)c1cccc(Br)c1Cl. The number of benzene rings is 1. The lowest BCUT2D eigenvalue weighted by Gasteiger charge is -2.15. The van der Waals surface area contributed by atoms with Crippen LogP contribution in [0.25, 0.3) is 0 Å². The van der Waals surface area contributed by atoms with Gasteiger partial charge in [-0.05, 0) is 40.9 Å². The van der Waals surface area contributed by atoms with Gasteiger partial charge in [-0.1, -0.05) is 31.5 Å². The number of nitrogens with one attached hydrogen (secondary N) is 1.